The fraction of sp³-hybridized carbons (Fsp3) is 0.538. The predicted molar refractivity (Wildman–Crippen MR) is 73.5 cm³/mol. The second-order valence-electron chi connectivity index (χ2n) is 4.23. The lowest BCUT2D eigenvalue weighted by Gasteiger charge is -2.32. The maximum atomic E-state index is 5.89. The third-order valence-electron chi connectivity index (χ3n) is 3.23. The first-order valence-electron chi connectivity index (χ1n) is 5.77. The number of hydrogen-bond donors (Lipinski definition) is 1. The first kappa shape index (κ1) is 13.7. The molecule has 0 fully saturated rings. The van der Waals surface area contributed by atoms with Gasteiger partial charge in [0, 0.05) is 23.1 Å². The standard InChI is InChI=1S/C13H21BrN2/c1-4-10(2)16(3)13(9-15)11-6-5-7-12(14)8-11/h5-8,10,13H,4,9,15H2,1-3H3. The van der Waals surface area contributed by atoms with Crippen LogP contribution in [0.3, 0.4) is 0 Å². The molecule has 0 heterocycles. The summed E-state index contributed by atoms with van der Waals surface area (Å²) in [7, 11) is 2.15. The smallest absolute Gasteiger partial charge is 0.0470 e. The zero-order valence-corrected chi connectivity index (χ0v) is 11.9. The summed E-state index contributed by atoms with van der Waals surface area (Å²) in [4.78, 5) is 2.35. The molecule has 0 amide bonds. The number of benzene rings is 1. The van der Waals surface area contributed by atoms with Gasteiger partial charge in [0.15, 0.2) is 0 Å². The molecule has 0 bridgehead atoms. The Labute approximate surface area is 107 Å². The first-order chi connectivity index (χ1) is 7.60. The van der Waals surface area contributed by atoms with E-state index in [1.54, 1.807) is 0 Å². The van der Waals surface area contributed by atoms with Gasteiger partial charge in [-0.15, -0.1) is 0 Å². The topological polar surface area (TPSA) is 29.3 Å². The van der Waals surface area contributed by atoms with E-state index in [1.807, 2.05) is 6.07 Å². The summed E-state index contributed by atoms with van der Waals surface area (Å²) in [6.45, 7) is 5.09. The van der Waals surface area contributed by atoms with Gasteiger partial charge >= 0.3 is 0 Å². The highest BCUT2D eigenvalue weighted by Gasteiger charge is 2.19. The average molecular weight is 285 g/mol. The molecule has 90 valence electrons. The van der Waals surface area contributed by atoms with E-state index >= 15 is 0 Å². The maximum Gasteiger partial charge on any atom is 0.0470 e. The number of hydrogen-bond acceptors (Lipinski definition) is 2. The van der Waals surface area contributed by atoms with Crippen LogP contribution in [-0.4, -0.2) is 24.5 Å². The lowest BCUT2D eigenvalue weighted by Crippen LogP contribution is -2.36. The third kappa shape index (κ3) is 3.30. The summed E-state index contributed by atoms with van der Waals surface area (Å²) in [5.41, 5.74) is 7.17. The molecular weight excluding hydrogens is 264 g/mol. The van der Waals surface area contributed by atoms with Crippen LogP contribution in [-0.2, 0) is 0 Å². The van der Waals surface area contributed by atoms with Crippen molar-refractivity contribution in [1.82, 2.24) is 4.90 Å². The van der Waals surface area contributed by atoms with E-state index in [-0.39, 0.29) is 0 Å². The highest BCUT2D eigenvalue weighted by atomic mass is 79.9. The Morgan fingerprint density at radius 1 is 1.44 bits per heavy atom. The lowest BCUT2D eigenvalue weighted by molar-refractivity contribution is 0.184. The zero-order valence-electron chi connectivity index (χ0n) is 10.3. The number of nitrogens with two attached hydrogens (primary N) is 1. The first-order valence-corrected chi connectivity index (χ1v) is 6.56. The molecule has 2 atom stereocenters. The van der Waals surface area contributed by atoms with Gasteiger partial charge in [-0.25, -0.2) is 0 Å². The van der Waals surface area contributed by atoms with Gasteiger partial charge in [-0.3, -0.25) is 4.90 Å². The van der Waals surface area contributed by atoms with E-state index in [0.717, 1.165) is 10.9 Å². The van der Waals surface area contributed by atoms with Gasteiger partial charge in [0.2, 0.25) is 0 Å². The molecule has 1 aromatic rings. The fourth-order valence-corrected chi connectivity index (χ4v) is 2.26. The highest BCUT2D eigenvalue weighted by molar-refractivity contribution is 9.10. The summed E-state index contributed by atoms with van der Waals surface area (Å²) >= 11 is 3.50. The maximum absolute atomic E-state index is 5.89. The largest absolute Gasteiger partial charge is 0.329 e. The Hall–Kier alpha value is -0.380. The molecular formula is C13H21BrN2. The molecule has 0 spiro atoms. The van der Waals surface area contributed by atoms with Crippen LogP contribution in [0.4, 0.5) is 0 Å². The van der Waals surface area contributed by atoms with Crippen LogP contribution >= 0.6 is 15.9 Å². The van der Waals surface area contributed by atoms with Crippen molar-refractivity contribution >= 4 is 15.9 Å². The van der Waals surface area contributed by atoms with Gasteiger partial charge in [0.1, 0.15) is 0 Å². The summed E-state index contributed by atoms with van der Waals surface area (Å²) < 4.78 is 1.11. The van der Waals surface area contributed by atoms with E-state index in [4.69, 9.17) is 5.73 Å². The van der Waals surface area contributed by atoms with Crippen molar-refractivity contribution in [2.75, 3.05) is 13.6 Å². The zero-order chi connectivity index (χ0) is 12.1. The highest BCUT2D eigenvalue weighted by Crippen LogP contribution is 2.23. The minimum Gasteiger partial charge on any atom is -0.329 e. The molecule has 2 nitrogen and oxygen atoms in total. The summed E-state index contributed by atoms with van der Waals surface area (Å²) in [6, 6.07) is 9.24. The monoisotopic (exact) mass is 284 g/mol. The Morgan fingerprint density at radius 2 is 2.12 bits per heavy atom. The van der Waals surface area contributed by atoms with E-state index in [1.165, 1.54) is 5.56 Å². The second-order valence-corrected chi connectivity index (χ2v) is 5.14. The van der Waals surface area contributed by atoms with Crippen LogP contribution in [0.1, 0.15) is 31.9 Å². The van der Waals surface area contributed by atoms with Crippen molar-refractivity contribution in [2.24, 2.45) is 5.73 Å². The molecule has 2 N–H and O–H groups in total. The third-order valence-corrected chi connectivity index (χ3v) is 3.73. The van der Waals surface area contributed by atoms with Crippen molar-refractivity contribution in [3.63, 3.8) is 0 Å². The van der Waals surface area contributed by atoms with Crippen LogP contribution < -0.4 is 5.73 Å². The molecule has 2 unspecified atom stereocenters. The second kappa shape index (κ2) is 6.38. The van der Waals surface area contributed by atoms with E-state index in [0.29, 0.717) is 18.6 Å². The molecule has 1 aromatic carbocycles. The van der Waals surface area contributed by atoms with E-state index in [9.17, 15) is 0 Å². The molecule has 0 aliphatic heterocycles. The van der Waals surface area contributed by atoms with E-state index < -0.39 is 0 Å². The minimum absolute atomic E-state index is 0.299. The van der Waals surface area contributed by atoms with Crippen molar-refractivity contribution < 1.29 is 0 Å². The van der Waals surface area contributed by atoms with Crippen molar-refractivity contribution in [3.05, 3.63) is 34.3 Å². The Bertz CT molecular complexity index is 327. The molecule has 0 aliphatic rings. The number of halogens is 1. The molecule has 0 saturated carbocycles. The van der Waals surface area contributed by atoms with Crippen LogP contribution in [0.2, 0.25) is 0 Å². The molecule has 0 aliphatic carbocycles. The van der Waals surface area contributed by atoms with Crippen LogP contribution in [0, 0.1) is 0 Å². The van der Waals surface area contributed by atoms with Crippen molar-refractivity contribution in [3.8, 4) is 0 Å². The van der Waals surface area contributed by atoms with Gasteiger partial charge in [-0.1, -0.05) is 35.0 Å². The molecule has 1 rings (SSSR count). The fourth-order valence-electron chi connectivity index (χ4n) is 1.85. The Kier molecular flexibility index (Phi) is 5.46. The van der Waals surface area contributed by atoms with Crippen LogP contribution in [0.15, 0.2) is 28.7 Å². The minimum atomic E-state index is 0.299. The average Bonchev–Trinajstić information content (AvgIpc) is 2.29. The van der Waals surface area contributed by atoms with E-state index in [2.05, 4.69) is 59.9 Å². The van der Waals surface area contributed by atoms with Crippen molar-refractivity contribution in [1.29, 1.82) is 0 Å². The van der Waals surface area contributed by atoms with Gasteiger partial charge in [-0.2, -0.15) is 0 Å². The Balaban J connectivity index is 2.89. The molecule has 0 aromatic heterocycles. The van der Waals surface area contributed by atoms with Crippen LogP contribution in [0.25, 0.3) is 0 Å². The molecule has 3 heteroatoms. The summed E-state index contributed by atoms with van der Waals surface area (Å²) in [5, 5.41) is 0. The van der Waals surface area contributed by atoms with Gasteiger partial charge in [-0.05, 0) is 38.1 Å². The van der Waals surface area contributed by atoms with Gasteiger partial charge in [0.25, 0.3) is 0 Å². The summed E-state index contributed by atoms with van der Waals surface area (Å²) in [5.74, 6) is 0. The summed E-state index contributed by atoms with van der Waals surface area (Å²) in [6.07, 6.45) is 1.14. The number of rotatable bonds is 5. The van der Waals surface area contributed by atoms with Crippen LogP contribution in [0.5, 0.6) is 0 Å². The predicted octanol–water partition coefficient (Wildman–Crippen LogP) is 3.18. The lowest BCUT2D eigenvalue weighted by atomic mass is 10.0. The number of likely N-dealkylation sites (N-methyl/N-ethyl adjacent to an activating group) is 1. The van der Waals surface area contributed by atoms with Crippen molar-refractivity contribution in [2.45, 2.75) is 32.4 Å². The normalized spacial score (nSPS) is 15.1. The Morgan fingerprint density at radius 3 is 2.62 bits per heavy atom. The van der Waals surface area contributed by atoms with Gasteiger partial charge < -0.3 is 5.73 Å². The molecule has 0 saturated heterocycles. The molecule has 0 radical (unpaired) electrons. The van der Waals surface area contributed by atoms with Gasteiger partial charge in [0.05, 0.1) is 0 Å². The number of nitrogens with zero attached hydrogens (tertiary/aromatic N) is 1. The molecule has 16 heavy (non-hydrogen) atoms. The quantitative estimate of drug-likeness (QED) is 0.900. The SMILES string of the molecule is CCC(C)N(C)C(CN)c1cccc(Br)c1.